The Morgan fingerprint density at radius 3 is 2.18 bits per heavy atom. The summed E-state index contributed by atoms with van der Waals surface area (Å²) in [5.41, 5.74) is 0.369. The summed E-state index contributed by atoms with van der Waals surface area (Å²) >= 11 is 0. The van der Waals surface area contributed by atoms with Gasteiger partial charge in [0.2, 0.25) is 10.0 Å². The topological polar surface area (TPSA) is 55.4 Å². The maximum absolute atomic E-state index is 11.8. The lowest BCUT2D eigenvalue weighted by molar-refractivity contribution is -0.274. The molecule has 0 amide bonds. The molecule has 8 heteroatoms. The molecule has 4 nitrogen and oxygen atoms in total. The first kappa shape index (κ1) is 13.8. The summed E-state index contributed by atoms with van der Waals surface area (Å²) in [6, 6.07) is 4.65. The van der Waals surface area contributed by atoms with Crippen molar-refractivity contribution >= 4 is 10.0 Å². The number of sulfonamides is 1. The van der Waals surface area contributed by atoms with Crippen LogP contribution in [0.5, 0.6) is 5.75 Å². The number of alkyl halides is 3. The second-order valence-electron chi connectivity index (χ2n) is 3.15. The zero-order chi connectivity index (χ0) is 13.1. The molecule has 0 spiro atoms. The fourth-order valence-electron chi connectivity index (χ4n) is 1.08. The number of hydrogen-bond acceptors (Lipinski definition) is 3. The fourth-order valence-corrected chi connectivity index (χ4v) is 1.85. The van der Waals surface area contributed by atoms with Crippen LogP contribution in [0.1, 0.15) is 5.56 Å². The molecule has 0 heterocycles. The zero-order valence-corrected chi connectivity index (χ0v) is 9.60. The van der Waals surface area contributed by atoms with Gasteiger partial charge in [0.1, 0.15) is 5.75 Å². The summed E-state index contributed by atoms with van der Waals surface area (Å²) in [4.78, 5) is 0. The molecule has 0 aliphatic carbocycles. The van der Waals surface area contributed by atoms with Crippen LogP contribution in [-0.2, 0) is 15.8 Å². The van der Waals surface area contributed by atoms with Crippen molar-refractivity contribution in [1.82, 2.24) is 4.72 Å². The number of rotatable bonds is 4. The summed E-state index contributed by atoms with van der Waals surface area (Å²) in [7, 11) is -2.17. The molecular weight excluding hydrogens is 259 g/mol. The highest BCUT2D eigenvalue weighted by molar-refractivity contribution is 7.88. The van der Waals surface area contributed by atoms with Crippen LogP contribution in [0.15, 0.2) is 24.3 Å². The van der Waals surface area contributed by atoms with E-state index in [0.29, 0.717) is 5.56 Å². The normalized spacial score (nSPS) is 12.5. The first-order chi connectivity index (χ1) is 7.72. The lowest BCUT2D eigenvalue weighted by Gasteiger charge is -2.09. The number of hydrogen-bond donors (Lipinski definition) is 1. The molecule has 0 radical (unpaired) electrons. The molecule has 96 valence electrons. The van der Waals surface area contributed by atoms with E-state index >= 15 is 0 Å². The highest BCUT2D eigenvalue weighted by atomic mass is 32.2. The van der Waals surface area contributed by atoms with Gasteiger partial charge in [-0.2, -0.15) is 0 Å². The van der Waals surface area contributed by atoms with Crippen molar-refractivity contribution in [3.8, 4) is 5.75 Å². The number of halogens is 3. The minimum Gasteiger partial charge on any atom is -0.406 e. The Labute approximate surface area is 96.4 Å². The minimum atomic E-state index is -4.75. The van der Waals surface area contributed by atoms with E-state index in [4.69, 9.17) is 0 Å². The van der Waals surface area contributed by atoms with Crippen molar-refractivity contribution < 1.29 is 26.3 Å². The van der Waals surface area contributed by atoms with Crippen LogP contribution in [0, 0.1) is 0 Å². The molecule has 0 saturated carbocycles. The molecule has 0 aliphatic heterocycles. The molecule has 17 heavy (non-hydrogen) atoms. The van der Waals surface area contributed by atoms with Gasteiger partial charge in [-0.25, -0.2) is 13.1 Å². The van der Waals surface area contributed by atoms with Crippen LogP contribution in [0.4, 0.5) is 13.2 Å². The lowest BCUT2D eigenvalue weighted by Crippen LogP contribution is -2.20. The summed E-state index contributed by atoms with van der Waals surface area (Å²) in [6.45, 7) is 0. The molecule has 0 aromatic heterocycles. The van der Waals surface area contributed by atoms with Gasteiger partial charge < -0.3 is 4.74 Å². The Balaban J connectivity index is 2.76. The zero-order valence-electron chi connectivity index (χ0n) is 8.78. The largest absolute Gasteiger partial charge is 0.573 e. The third-order valence-electron chi connectivity index (χ3n) is 1.82. The maximum Gasteiger partial charge on any atom is 0.573 e. The molecule has 1 aromatic carbocycles. The first-order valence-corrected chi connectivity index (χ1v) is 6.13. The highest BCUT2D eigenvalue weighted by Crippen LogP contribution is 2.23. The first-order valence-electron chi connectivity index (χ1n) is 4.48. The summed E-state index contributed by atoms with van der Waals surface area (Å²) < 4.78 is 63.6. The van der Waals surface area contributed by atoms with E-state index in [-0.39, 0.29) is 11.5 Å². The Morgan fingerprint density at radius 1 is 1.24 bits per heavy atom. The molecular formula is C9H10F3NO3S. The predicted octanol–water partition coefficient (Wildman–Crippen LogP) is 1.63. The van der Waals surface area contributed by atoms with E-state index in [9.17, 15) is 21.6 Å². The highest BCUT2D eigenvalue weighted by Gasteiger charge is 2.30. The summed E-state index contributed by atoms with van der Waals surface area (Å²) in [5.74, 6) is -0.682. The van der Waals surface area contributed by atoms with E-state index in [2.05, 4.69) is 9.46 Å². The monoisotopic (exact) mass is 269 g/mol. The number of nitrogens with one attached hydrogen (secondary N) is 1. The van der Waals surface area contributed by atoms with Gasteiger partial charge in [0, 0.05) is 0 Å². The third kappa shape index (κ3) is 5.05. The van der Waals surface area contributed by atoms with Gasteiger partial charge in [0.15, 0.2) is 0 Å². The van der Waals surface area contributed by atoms with Crippen molar-refractivity contribution in [2.45, 2.75) is 12.1 Å². The van der Waals surface area contributed by atoms with Crippen molar-refractivity contribution in [2.75, 3.05) is 7.05 Å². The minimum absolute atomic E-state index is 0.296. The Kier molecular flexibility index (Phi) is 3.99. The Bertz CT molecular complexity index is 467. The van der Waals surface area contributed by atoms with Crippen LogP contribution in [0.3, 0.4) is 0 Å². The fraction of sp³-hybridized carbons (Fsp3) is 0.333. The standard InChI is InChI=1S/C9H10F3NO3S/c1-13-17(14,15)6-7-2-4-8(5-3-7)16-9(10,11)12/h2-5,13H,6H2,1H3. The van der Waals surface area contributed by atoms with Gasteiger partial charge in [0.05, 0.1) is 5.75 Å². The van der Waals surface area contributed by atoms with Gasteiger partial charge in [-0.3, -0.25) is 0 Å². The molecule has 0 bridgehead atoms. The van der Waals surface area contributed by atoms with Gasteiger partial charge >= 0.3 is 6.36 Å². The quantitative estimate of drug-likeness (QED) is 0.904. The molecule has 0 aliphatic rings. The molecule has 1 N–H and O–H groups in total. The Hall–Kier alpha value is -1.28. The molecule has 0 fully saturated rings. The van der Waals surface area contributed by atoms with Crippen LogP contribution in [0.25, 0.3) is 0 Å². The van der Waals surface area contributed by atoms with E-state index in [1.54, 1.807) is 0 Å². The Morgan fingerprint density at radius 2 is 1.76 bits per heavy atom. The van der Waals surface area contributed by atoms with Gasteiger partial charge in [-0.1, -0.05) is 12.1 Å². The van der Waals surface area contributed by atoms with Gasteiger partial charge in [-0.15, -0.1) is 13.2 Å². The average Bonchev–Trinajstić information content (AvgIpc) is 2.19. The average molecular weight is 269 g/mol. The van der Waals surface area contributed by atoms with Crippen LogP contribution in [-0.4, -0.2) is 21.8 Å². The van der Waals surface area contributed by atoms with E-state index < -0.39 is 16.4 Å². The third-order valence-corrected chi connectivity index (χ3v) is 3.16. The maximum atomic E-state index is 11.8. The van der Waals surface area contributed by atoms with Crippen molar-refractivity contribution in [3.05, 3.63) is 29.8 Å². The molecule has 0 atom stereocenters. The summed E-state index contributed by atoms with van der Waals surface area (Å²) in [6.07, 6.45) is -4.75. The van der Waals surface area contributed by atoms with Crippen LogP contribution >= 0.6 is 0 Å². The molecule has 1 aromatic rings. The van der Waals surface area contributed by atoms with Crippen molar-refractivity contribution in [1.29, 1.82) is 0 Å². The molecule has 0 saturated heterocycles. The van der Waals surface area contributed by atoms with E-state index in [1.807, 2.05) is 0 Å². The SMILES string of the molecule is CNS(=O)(=O)Cc1ccc(OC(F)(F)F)cc1. The van der Waals surface area contributed by atoms with Gasteiger partial charge in [-0.05, 0) is 24.7 Å². The van der Waals surface area contributed by atoms with Crippen LogP contribution < -0.4 is 9.46 Å². The summed E-state index contributed by atoms with van der Waals surface area (Å²) in [5, 5.41) is 0. The second kappa shape index (κ2) is 4.92. The second-order valence-corrected chi connectivity index (χ2v) is 5.08. The lowest BCUT2D eigenvalue weighted by atomic mass is 10.2. The number of benzene rings is 1. The molecule has 0 unspecified atom stereocenters. The van der Waals surface area contributed by atoms with Crippen molar-refractivity contribution in [3.63, 3.8) is 0 Å². The van der Waals surface area contributed by atoms with Gasteiger partial charge in [0.25, 0.3) is 0 Å². The van der Waals surface area contributed by atoms with Crippen LogP contribution in [0.2, 0.25) is 0 Å². The van der Waals surface area contributed by atoms with E-state index in [0.717, 1.165) is 12.1 Å². The smallest absolute Gasteiger partial charge is 0.406 e. The van der Waals surface area contributed by atoms with E-state index in [1.165, 1.54) is 19.2 Å². The number of ether oxygens (including phenoxy) is 1. The predicted molar refractivity (Wildman–Crippen MR) is 54.8 cm³/mol. The van der Waals surface area contributed by atoms with Crippen molar-refractivity contribution in [2.24, 2.45) is 0 Å². The molecule has 1 rings (SSSR count).